The Kier molecular flexibility index (Phi) is 7.21. The van der Waals surface area contributed by atoms with Crippen molar-refractivity contribution < 1.29 is 19.1 Å². The highest BCUT2D eigenvalue weighted by Gasteiger charge is 2.23. The molecule has 0 saturated heterocycles. The van der Waals surface area contributed by atoms with Crippen LogP contribution < -0.4 is 5.32 Å². The van der Waals surface area contributed by atoms with Gasteiger partial charge < -0.3 is 10.1 Å². The van der Waals surface area contributed by atoms with Crippen molar-refractivity contribution in [2.75, 3.05) is 0 Å². The third-order valence-corrected chi connectivity index (χ3v) is 4.99. The van der Waals surface area contributed by atoms with Crippen LogP contribution in [0, 0.1) is 6.92 Å². The van der Waals surface area contributed by atoms with Crippen LogP contribution in [0.25, 0.3) is 0 Å². The Labute approximate surface area is 186 Å². The lowest BCUT2D eigenvalue weighted by molar-refractivity contribution is -0.129. The van der Waals surface area contributed by atoms with Crippen LogP contribution in [0.4, 0.5) is 0 Å². The number of hydrogen-bond donors (Lipinski definition) is 1. The van der Waals surface area contributed by atoms with E-state index in [0.29, 0.717) is 10.6 Å². The fourth-order valence-electron chi connectivity index (χ4n) is 2.93. The summed E-state index contributed by atoms with van der Waals surface area (Å²) in [5, 5.41) is 3.32. The van der Waals surface area contributed by atoms with Crippen molar-refractivity contribution >= 4 is 29.3 Å². The number of carbonyl (C=O) groups excluding carboxylic acids is 3. The third kappa shape index (κ3) is 5.80. The van der Waals surface area contributed by atoms with Gasteiger partial charge in [0.15, 0.2) is 11.9 Å². The first-order valence-corrected chi connectivity index (χ1v) is 10.2. The van der Waals surface area contributed by atoms with E-state index in [9.17, 15) is 14.4 Å². The lowest BCUT2D eigenvalue weighted by Gasteiger charge is -2.15. The van der Waals surface area contributed by atoms with Gasteiger partial charge in [0.2, 0.25) is 0 Å². The van der Waals surface area contributed by atoms with Crippen molar-refractivity contribution in [1.29, 1.82) is 0 Å². The van der Waals surface area contributed by atoms with Crippen molar-refractivity contribution in [3.63, 3.8) is 0 Å². The topological polar surface area (TPSA) is 72.5 Å². The Morgan fingerprint density at radius 1 is 0.903 bits per heavy atom. The Hall–Kier alpha value is -3.44. The minimum absolute atomic E-state index is 0.116. The minimum atomic E-state index is -1.03. The Morgan fingerprint density at radius 3 is 2.16 bits per heavy atom. The molecule has 0 aliphatic carbocycles. The van der Waals surface area contributed by atoms with Gasteiger partial charge in [0.05, 0.1) is 5.56 Å². The van der Waals surface area contributed by atoms with Gasteiger partial charge in [-0.1, -0.05) is 71.8 Å². The first-order chi connectivity index (χ1) is 14.8. The Balaban J connectivity index is 1.67. The Morgan fingerprint density at radius 2 is 1.52 bits per heavy atom. The predicted molar refractivity (Wildman–Crippen MR) is 119 cm³/mol. The zero-order chi connectivity index (χ0) is 22.4. The molecule has 3 aromatic rings. The van der Waals surface area contributed by atoms with Crippen molar-refractivity contribution in [3.8, 4) is 0 Å². The fourth-order valence-corrected chi connectivity index (χ4v) is 3.06. The number of amides is 1. The number of ether oxygens (including phenoxy) is 1. The van der Waals surface area contributed by atoms with Crippen molar-refractivity contribution in [3.05, 3.63) is 106 Å². The molecule has 0 aromatic heterocycles. The van der Waals surface area contributed by atoms with Gasteiger partial charge in [-0.25, -0.2) is 4.79 Å². The monoisotopic (exact) mass is 435 g/mol. The van der Waals surface area contributed by atoms with E-state index in [2.05, 4.69) is 5.32 Å². The molecule has 3 aromatic carbocycles. The molecule has 0 heterocycles. The molecule has 1 amide bonds. The van der Waals surface area contributed by atoms with Gasteiger partial charge in [0.1, 0.15) is 0 Å². The maximum Gasteiger partial charge on any atom is 0.339 e. The molecular formula is C25H22ClNO4. The molecule has 3 rings (SSSR count). The van der Waals surface area contributed by atoms with E-state index in [0.717, 1.165) is 11.1 Å². The highest BCUT2D eigenvalue weighted by atomic mass is 35.5. The van der Waals surface area contributed by atoms with Crippen LogP contribution in [0.1, 0.15) is 44.3 Å². The van der Waals surface area contributed by atoms with Gasteiger partial charge in [-0.05, 0) is 37.6 Å². The quantitative estimate of drug-likeness (QED) is 0.429. The summed E-state index contributed by atoms with van der Waals surface area (Å²) in [5.41, 5.74) is 2.71. The second-order valence-corrected chi connectivity index (χ2v) is 7.57. The largest absolute Gasteiger partial charge is 0.449 e. The lowest BCUT2D eigenvalue weighted by Crippen LogP contribution is -2.35. The zero-order valence-electron chi connectivity index (χ0n) is 17.2. The van der Waals surface area contributed by atoms with Crippen LogP contribution in [0.5, 0.6) is 0 Å². The van der Waals surface area contributed by atoms with Gasteiger partial charge in [0.25, 0.3) is 5.91 Å². The molecule has 0 aliphatic rings. The molecule has 0 saturated carbocycles. The van der Waals surface area contributed by atoms with Gasteiger partial charge in [-0.2, -0.15) is 0 Å². The average Bonchev–Trinajstić information content (AvgIpc) is 2.78. The molecule has 0 radical (unpaired) electrons. The normalized spacial score (nSPS) is 11.5. The number of benzene rings is 3. The standard InChI is InChI=1S/C25H22ClNO4/c1-16-7-11-19(12-8-16)23(28)21-5-3-4-6-22(21)25(30)31-17(2)24(29)27-15-18-9-13-20(26)14-10-18/h3-14,17H,15H2,1-2H3,(H,27,29)/t17-/m0/s1. The molecule has 0 spiro atoms. The molecule has 1 N–H and O–H groups in total. The predicted octanol–water partition coefficient (Wildman–Crippen LogP) is 4.74. The first kappa shape index (κ1) is 22.2. The molecule has 0 unspecified atom stereocenters. The molecule has 1 atom stereocenters. The summed E-state index contributed by atoms with van der Waals surface area (Å²) in [4.78, 5) is 37.9. The molecule has 5 nitrogen and oxygen atoms in total. The maximum absolute atomic E-state index is 12.9. The van der Waals surface area contributed by atoms with Crippen LogP contribution in [0.3, 0.4) is 0 Å². The second-order valence-electron chi connectivity index (χ2n) is 7.13. The van der Waals surface area contributed by atoms with Gasteiger partial charge in [-0.3, -0.25) is 9.59 Å². The fraction of sp³-hybridized carbons (Fsp3) is 0.160. The highest BCUT2D eigenvalue weighted by Crippen LogP contribution is 2.17. The summed E-state index contributed by atoms with van der Waals surface area (Å²) in [6.07, 6.45) is -1.03. The Bertz CT molecular complexity index is 1090. The van der Waals surface area contributed by atoms with Crippen LogP contribution in [-0.4, -0.2) is 23.8 Å². The van der Waals surface area contributed by atoms with Crippen LogP contribution in [-0.2, 0) is 16.1 Å². The molecule has 158 valence electrons. The van der Waals surface area contributed by atoms with Gasteiger partial charge in [-0.15, -0.1) is 0 Å². The van der Waals surface area contributed by atoms with Crippen LogP contribution in [0.15, 0.2) is 72.8 Å². The number of halogens is 1. The van der Waals surface area contributed by atoms with Crippen LogP contribution in [0.2, 0.25) is 5.02 Å². The van der Waals surface area contributed by atoms with E-state index in [-0.39, 0.29) is 23.5 Å². The van der Waals surface area contributed by atoms with Crippen molar-refractivity contribution in [2.45, 2.75) is 26.5 Å². The van der Waals surface area contributed by atoms with Gasteiger partial charge >= 0.3 is 5.97 Å². The summed E-state index contributed by atoms with van der Waals surface area (Å²) in [6.45, 7) is 3.69. The summed E-state index contributed by atoms with van der Waals surface area (Å²) in [6, 6.07) is 20.6. The molecule has 0 bridgehead atoms. The number of carbonyl (C=O) groups is 3. The molecule has 0 fully saturated rings. The SMILES string of the molecule is Cc1ccc(C(=O)c2ccccc2C(=O)O[C@@H](C)C(=O)NCc2ccc(Cl)cc2)cc1. The lowest BCUT2D eigenvalue weighted by atomic mass is 9.98. The number of nitrogens with one attached hydrogen (secondary N) is 1. The van der Waals surface area contributed by atoms with E-state index in [1.54, 1.807) is 54.6 Å². The summed E-state index contributed by atoms with van der Waals surface area (Å²) >= 11 is 5.85. The number of ketones is 1. The summed E-state index contributed by atoms with van der Waals surface area (Å²) < 4.78 is 5.33. The summed E-state index contributed by atoms with van der Waals surface area (Å²) in [5.74, 6) is -1.46. The van der Waals surface area contributed by atoms with E-state index in [1.807, 2.05) is 19.1 Å². The van der Waals surface area contributed by atoms with E-state index >= 15 is 0 Å². The molecule has 6 heteroatoms. The van der Waals surface area contributed by atoms with Crippen molar-refractivity contribution in [1.82, 2.24) is 5.32 Å². The van der Waals surface area contributed by atoms with Gasteiger partial charge in [0, 0.05) is 22.7 Å². The molecule has 31 heavy (non-hydrogen) atoms. The van der Waals surface area contributed by atoms with E-state index in [4.69, 9.17) is 16.3 Å². The summed E-state index contributed by atoms with van der Waals surface area (Å²) in [7, 11) is 0. The van der Waals surface area contributed by atoms with Crippen molar-refractivity contribution in [2.24, 2.45) is 0 Å². The van der Waals surface area contributed by atoms with E-state index in [1.165, 1.54) is 13.0 Å². The smallest absolute Gasteiger partial charge is 0.339 e. The third-order valence-electron chi connectivity index (χ3n) is 4.74. The average molecular weight is 436 g/mol. The number of rotatable bonds is 7. The number of hydrogen-bond acceptors (Lipinski definition) is 4. The second kappa shape index (κ2) is 10.0. The number of esters is 1. The molecular weight excluding hydrogens is 414 g/mol. The minimum Gasteiger partial charge on any atom is -0.449 e. The van der Waals surface area contributed by atoms with E-state index < -0.39 is 18.0 Å². The first-order valence-electron chi connectivity index (χ1n) is 9.78. The van der Waals surface area contributed by atoms with Crippen LogP contribution >= 0.6 is 11.6 Å². The molecule has 0 aliphatic heterocycles. The zero-order valence-corrected chi connectivity index (χ0v) is 18.0. The highest BCUT2D eigenvalue weighted by molar-refractivity contribution is 6.30. The number of aryl methyl sites for hydroxylation is 1. The maximum atomic E-state index is 12.9.